The Morgan fingerprint density at radius 1 is 1.00 bits per heavy atom. The number of methoxy groups -OCH3 is 2. The molecule has 28 heavy (non-hydrogen) atoms. The minimum Gasteiger partial charge on any atom is -0.493 e. The van der Waals surface area contributed by atoms with E-state index in [9.17, 15) is 9.59 Å². The number of carbonyl (C=O) groups excluding carboxylic acids is 1. The lowest BCUT2D eigenvalue weighted by atomic mass is 10.1. The number of pyridine rings is 1. The van der Waals surface area contributed by atoms with Crippen LogP contribution < -0.4 is 15.0 Å². The van der Waals surface area contributed by atoms with Crippen molar-refractivity contribution in [3.05, 3.63) is 58.5 Å². The molecule has 0 radical (unpaired) electrons. The predicted molar refractivity (Wildman–Crippen MR) is 108 cm³/mol. The molecule has 1 aromatic carbocycles. The summed E-state index contributed by atoms with van der Waals surface area (Å²) in [5.74, 6) is 0.989. The minimum absolute atomic E-state index is 0.170. The number of aromatic nitrogens is 1. The Morgan fingerprint density at radius 3 is 2.36 bits per heavy atom. The summed E-state index contributed by atoms with van der Waals surface area (Å²) in [7, 11) is 5.16. The van der Waals surface area contributed by atoms with Crippen molar-refractivity contribution in [2.75, 3.05) is 47.4 Å². The molecule has 7 heteroatoms. The number of piperazine rings is 1. The largest absolute Gasteiger partial charge is 0.493 e. The van der Waals surface area contributed by atoms with Crippen LogP contribution in [-0.2, 0) is 4.79 Å². The third-order valence-corrected chi connectivity index (χ3v) is 4.80. The van der Waals surface area contributed by atoms with Crippen LogP contribution >= 0.6 is 0 Å². The Morgan fingerprint density at radius 2 is 1.71 bits per heavy atom. The lowest BCUT2D eigenvalue weighted by molar-refractivity contribution is -0.126. The molecule has 0 saturated carbocycles. The van der Waals surface area contributed by atoms with Crippen molar-refractivity contribution >= 4 is 17.7 Å². The van der Waals surface area contributed by atoms with E-state index in [-0.39, 0.29) is 11.5 Å². The zero-order chi connectivity index (χ0) is 20.1. The number of ether oxygens (including phenoxy) is 2. The number of nitrogens with zero attached hydrogens (tertiary/aromatic N) is 3. The smallest absolute Gasteiger partial charge is 0.271 e. The van der Waals surface area contributed by atoms with Crippen molar-refractivity contribution in [2.45, 2.75) is 0 Å². The number of rotatable bonds is 5. The first-order chi connectivity index (χ1) is 13.5. The van der Waals surface area contributed by atoms with Crippen molar-refractivity contribution in [1.29, 1.82) is 0 Å². The fraction of sp³-hybridized carbons (Fsp3) is 0.333. The average Bonchev–Trinajstić information content (AvgIpc) is 2.72. The van der Waals surface area contributed by atoms with Gasteiger partial charge in [-0.2, -0.15) is 0 Å². The molecule has 2 heterocycles. The summed E-state index contributed by atoms with van der Waals surface area (Å²) in [4.78, 5) is 29.6. The Hall–Kier alpha value is -3.06. The first-order valence-electron chi connectivity index (χ1n) is 9.13. The highest BCUT2D eigenvalue weighted by Gasteiger charge is 2.24. The van der Waals surface area contributed by atoms with Gasteiger partial charge < -0.3 is 19.3 Å². The monoisotopic (exact) mass is 383 g/mol. The maximum atomic E-state index is 13.3. The topological polar surface area (TPSA) is 64.0 Å². The van der Waals surface area contributed by atoms with Gasteiger partial charge in [-0.1, -0.05) is 12.1 Å². The summed E-state index contributed by atoms with van der Waals surface area (Å²) in [6.45, 7) is 2.86. The van der Waals surface area contributed by atoms with E-state index in [0.717, 1.165) is 18.7 Å². The van der Waals surface area contributed by atoms with Gasteiger partial charge in [-0.05, 0) is 36.9 Å². The molecule has 7 nitrogen and oxygen atoms in total. The zero-order valence-electron chi connectivity index (χ0n) is 16.4. The molecule has 0 atom stereocenters. The number of carbonyl (C=O) groups is 1. The highest BCUT2D eigenvalue weighted by Crippen LogP contribution is 2.29. The molecule has 0 unspecified atom stereocenters. The van der Waals surface area contributed by atoms with Gasteiger partial charge in [0.2, 0.25) is 0 Å². The Labute approximate surface area is 164 Å². The molecule has 1 aliphatic heterocycles. The third-order valence-electron chi connectivity index (χ3n) is 4.80. The van der Waals surface area contributed by atoms with Crippen LogP contribution in [0.25, 0.3) is 11.8 Å². The molecule has 0 spiro atoms. The number of amides is 1. The second-order valence-electron chi connectivity index (χ2n) is 6.65. The predicted octanol–water partition coefficient (Wildman–Crippen LogP) is 1.64. The zero-order valence-corrected chi connectivity index (χ0v) is 16.4. The molecule has 1 fully saturated rings. The standard InChI is InChI=1S/C21H25N3O4/c1-22-10-12-23(13-11-22)21(26)17(24-9-5-4-6-20(24)25)14-16-7-8-18(27-2)19(15-16)28-3/h4-9,14-15H,10-13H2,1-3H3/b17-14+. The summed E-state index contributed by atoms with van der Waals surface area (Å²) in [6, 6.07) is 10.2. The Balaban J connectivity index is 2.04. The van der Waals surface area contributed by atoms with Crippen LogP contribution in [0.3, 0.4) is 0 Å². The van der Waals surface area contributed by atoms with E-state index < -0.39 is 0 Å². The van der Waals surface area contributed by atoms with Crippen LogP contribution in [0, 0.1) is 0 Å². The lowest BCUT2D eigenvalue weighted by Gasteiger charge is -2.33. The molecule has 1 aromatic heterocycles. The molecular formula is C21H25N3O4. The van der Waals surface area contributed by atoms with Gasteiger partial charge in [0.1, 0.15) is 5.70 Å². The average molecular weight is 383 g/mol. The molecule has 2 aromatic rings. The van der Waals surface area contributed by atoms with Crippen molar-refractivity contribution in [3.63, 3.8) is 0 Å². The van der Waals surface area contributed by atoms with Gasteiger partial charge in [0.15, 0.2) is 11.5 Å². The lowest BCUT2D eigenvalue weighted by Crippen LogP contribution is -2.48. The van der Waals surface area contributed by atoms with Crippen molar-refractivity contribution in [1.82, 2.24) is 14.4 Å². The minimum atomic E-state index is -0.253. The molecule has 148 valence electrons. The molecule has 1 aliphatic rings. The van der Waals surface area contributed by atoms with Crippen LogP contribution in [0.2, 0.25) is 0 Å². The molecule has 0 N–H and O–H groups in total. The number of hydrogen-bond acceptors (Lipinski definition) is 5. The van der Waals surface area contributed by atoms with E-state index in [0.29, 0.717) is 30.3 Å². The molecule has 0 bridgehead atoms. The molecule has 3 rings (SSSR count). The molecule has 1 amide bonds. The van der Waals surface area contributed by atoms with Gasteiger partial charge in [0.05, 0.1) is 14.2 Å². The Bertz CT molecular complexity index is 927. The van der Waals surface area contributed by atoms with Crippen molar-refractivity contribution in [2.24, 2.45) is 0 Å². The van der Waals surface area contributed by atoms with E-state index in [1.54, 1.807) is 55.7 Å². The summed E-state index contributed by atoms with van der Waals surface area (Å²) >= 11 is 0. The molecule has 0 aliphatic carbocycles. The van der Waals surface area contributed by atoms with Crippen LogP contribution in [0.4, 0.5) is 0 Å². The van der Waals surface area contributed by atoms with Crippen molar-refractivity contribution < 1.29 is 14.3 Å². The second kappa shape index (κ2) is 8.75. The van der Waals surface area contributed by atoms with Gasteiger partial charge in [-0.25, -0.2) is 0 Å². The van der Waals surface area contributed by atoms with Gasteiger partial charge in [-0.15, -0.1) is 0 Å². The Kier molecular flexibility index (Phi) is 6.16. The summed E-state index contributed by atoms with van der Waals surface area (Å²) < 4.78 is 12.0. The summed E-state index contributed by atoms with van der Waals surface area (Å²) in [5.41, 5.74) is 0.796. The van der Waals surface area contributed by atoms with Gasteiger partial charge >= 0.3 is 0 Å². The highest BCUT2D eigenvalue weighted by atomic mass is 16.5. The van der Waals surface area contributed by atoms with E-state index in [2.05, 4.69) is 4.90 Å². The fourth-order valence-electron chi connectivity index (χ4n) is 3.13. The van der Waals surface area contributed by atoms with Crippen molar-refractivity contribution in [3.8, 4) is 11.5 Å². The van der Waals surface area contributed by atoms with Crippen LogP contribution in [0.1, 0.15) is 5.56 Å². The van der Waals surface area contributed by atoms with Crippen LogP contribution in [0.15, 0.2) is 47.4 Å². The van der Waals surface area contributed by atoms with E-state index >= 15 is 0 Å². The summed E-state index contributed by atoms with van der Waals surface area (Å²) in [5, 5.41) is 0. The molecular weight excluding hydrogens is 358 g/mol. The number of benzene rings is 1. The first-order valence-corrected chi connectivity index (χ1v) is 9.13. The second-order valence-corrected chi connectivity index (χ2v) is 6.65. The van der Waals surface area contributed by atoms with Gasteiger partial charge in [-0.3, -0.25) is 14.2 Å². The van der Waals surface area contributed by atoms with Gasteiger partial charge in [0.25, 0.3) is 11.5 Å². The SMILES string of the molecule is COc1ccc(/C=C(\C(=O)N2CCN(C)CC2)n2ccccc2=O)cc1OC. The number of hydrogen-bond donors (Lipinski definition) is 0. The maximum absolute atomic E-state index is 13.3. The molecule has 1 saturated heterocycles. The van der Waals surface area contributed by atoms with Crippen LogP contribution in [0.5, 0.6) is 11.5 Å². The highest BCUT2D eigenvalue weighted by molar-refractivity contribution is 6.18. The van der Waals surface area contributed by atoms with E-state index in [1.807, 2.05) is 13.1 Å². The quantitative estimate of drug-likeness (QED) is 0.735. The number of likely N-dealkylation sites (N-methyl/N-ethyl adjacent to an activating group) is 1. The first kappa shape index (κ1) is 19.7. The summed E-state index contributed by atoms with van der Waals surface area (Å²) in [6.07, 6.45) is 3.33. The van der Waals surface area contributed by atoms with Gasteiger partial charge in [0, 0.05) is 38.4 Å². The normalized spacial score (nSPS) is 15.4. The van der Waals surface area contributed by atoms with E-state index in [1.165, 1.54) is 10.6 Å². The van der Waals surface area contributed by atoms with Crippen LogP contribution in [-0.4, -0.2) is 67.7 Å². The third kappa shape index (κ3) is 4.26. The van der Waals surface area contributed by atoms with E-state index in [4.69, 9.17) is 9.47 Å². The maximum Gasteiger partial charge on any atom is 0.271 e. The fourth-order valence-corrected chi connectivity index (χ4v) is 3.13.